The Kier molecular flexibility index (Phi) is 10.2. The van der Waals surface area contributed by atoms with E-state index in [0.717, 1.165) is 5.69 Å². The highest BCUT2D eigenvalue weighted by atomic mass is 32.2. The number of hydrogen-bond donors (Lipinski definition) is 5. The van der Waals surface area contributed by atoms with Crippen LogP contribution < -0.4 is 16.4 Å². The van der Waals surface area contributed by atoms with Crippen molar-refractivity contribution < 1.29 is 29.4 Å². The predicted molar refractivity (Wildman–Crippen MR) is 109 cm³/mol. The summed E-state index contributed by atoms with van der Waals surface area (Å²) in [5, 5.41) is 22.9. The molecule has 166 valence electrons. The Balaban J connectivity index is 2.83. The van der Waals surface area contributed by atoms with Gasteiger partial charge in [-0.15, -0.1) is 11.8 Å². The minimum Gasteiger partial charge on any atom is -0.480 e. The highest BCUT2D eigenvalue weighted by Crippen LogP contribution is 2.20. The number of carboxylic acid groups (broad SMARTS) is 2. The van der Waals surface area contributed by atoms with Gasteiger partial charge in [0.05, 0.1) is 0 Å². The number of nitrogens with two attached hydrogens (primary N) is 1. The van der Waals surface area contributed by atoms with E-state index in [4.69, 9.17) is 15.9 Å². The lowest BCUT2D eigenvalue weighted by Gasteiger charge is -2.18. The van der Waals surface area contributed by atoms with Crippen molar-refractivity contribution in [3.8, 4) is 0 Å². The maximum atomic E-state index is 12.3. The molecule has 2 amide bonds. The van der Waals surface area contributed by atoms with E-state index in [0.29, 0.717) is 10.9 Å². The topological polar surface area (TPSA) is 185 Å². The van der Waals surface area contributed by atoms with E-state index < -0.39 is 42.4 Å². The molecule has 0 saturated carbocycles. The van der Waals surface area contributed by atoms with Crippen LogP contribution in [0.25, 0.3) is 0 Å². The molecule has 0 aliphatic rings. The number of amides is 2. The number of carboxylic acids is 2. The largest absolute Gasteiger partial charge is 0.480 e. The van der Waals surface area contributed by atoms with Crippen molar-refractivity contribution in [1.29, 1.82) is 0 Å². The minimum absolute atomic E-state index is 0.0934. The highest BCUT2D eigenvalue weighted by Gasteiger charge is 2.23. The highest BCUT2D eigenvalue weighted by molar-refractivity contribution is 7.99. The van der Waals surface area contributed by atoms with Gasteiger partial charge in [-0.3, -0.25) is 19.2 Å². The standard InChI is InChI=1S/C18H27N5O6S/c1-9(2)16-21-10(3)6-14(23-16)30-8-12(17(27)20-7-15(25)26)22-13(24)5-4-11(19)18(28)29/h6,9,11-12H,4-5,7-8,19H2,1-3H3,(H,20,27)(H,22,24)(H,25,26)(H,28,29)/t11-,12+/m0/s1. The summed E-state index contributed by atoms with van der Waals surface area (Å²) >= 11 is 1.22. The lowest BCUT2D eigenvalue weighted by molar-refractivity contribution is -0.139. The molecule has 12 heteroatoms. The van der Waals surface area contributed by atoms with Gasteiger partial charge in [0.1, 0.15) is 29.5 Å². The van der Waals surface area contributed by atoms with E-state index in [1.807, 2.05) is 20.8 Å². The van der Waals surface area contributed by atoms with Gasteiger partial charge in [0, 0.05) is 23.8 Å². The Morgan fingerprint density at radius 2 is 1.87 bits per heavy atom. The first-order chi connectivity index (χ1) is 14.0. The van der Waals surface area contributed by atoms with Crippen LogP contribution in [0.4, 0.5) is 0 Å². The van der Waals surface area contributed by atoms with Crippen LogP contribution in [0.5, 0.6) is 0 Å². The second-order valence-corrected chi connectivity index (χ2v) is 7.93. The number of aryl methyl sites for hydroxylation is 1. The quantitative estimate of drug-likeness (QED) is 0.216. The molecule has 6 N–H and O–H groups in total. The molecule has 0 fully saturated rings. The number of aromatic nitrogens is 2. The first-order valence-electron chi connectivity index (χ1n) is 9.25. The number of nitrogens with zero attached hydrogens (tertiary/aromatic N) is 2. The van der Waals surface area contributed by atoms with Crippen LogP contribution in [-0.4, -0.2) is 68.3 Å². The number of aliphatic carboxylic acids is 2. The fourth-order valence-electron chi connectivity index (χ4n) is 2.21. The zero-order chi connectivity index (χ0) is 22.8. The maximum Gasteiger partial charge on any atom is 0.322 e. The van der Waals surface area contributed by atoms with Crippen LogP contribution in [0, 0.1) is 6.92 Å². The Bertz CT molecular complexity index is 788. The molecule has 0 saturated heterocycles. The average molecular weight is 442 g/mol. The van der Waals surface area contributed by atoms with Crippen LogP contribution in [0.1, 0.15) is 44.1 Å². The Morgan fingerprint density at radius 3 is 2.43 bits per heavy atom. The number of nitrogens with one attached hydrogen (secondary N) is 2. The van der Waals surface area contributed by atoms with Gasteiger partial charge in [-0.1, -0.05) is 13.8 Å². The molecular formula is C18H27N5O6S. The third-order valence-corrected chi connectivity index (χ3v) is 4.83. The molecule has 0 unspecified atom stereocenters. The summed E-state index contributed by atoms with van der Waals surface area (Å²) in [6.07, 6.45) is -0.286. The van der Waals surface area contributed by atoms with Gasteiger partial charge in [-0.2, -0.15) is 0 Å². The van der Waals surface area contributed by atoms with Crippen LogP contribution in [0.15, 0.2) is 11.1 Å². The van der Waals surface area contributed by atoms with Crippen LogP contribution in [0.3, 0.4) is 0 Å². The van der Waals surface area contributed by atoms with Crippen molar-refractivity contribution in [3.05, 3.63) is 17.6 Å². The molecule has 11 nitrogen and oxygen atoms in total. The summed E-state index contributed by atoms with van der Waals surface area (Å²) in [5.41, 5.74) is 6.14. The van der Waals surface area contributed by atoms with Crippen LogP contribution in [0.2, 0.25) is 0 Å². The van der Waals surface area contributed by atoms with E-state index in [2.05, 4.69) is 20.6 Å². The van der Waals surface area contributed by atoms with Crippen molar-refractivity contribution in [3.63, 3.8) is 0 Å². The zero-order valence-corrected chi connectivity index (χ0v) is 17.9. The monoisotopic (exact) mass is 441 g/mol. The first kappa shape index (κ1) is 25.3. The zero-order valence-electron chi connectivity index (χ0n) is 17.0. The number of carbonyl (C=O) groups excluding carboxylic acids is 2. The molecule has 30 heavy (non-hydrogen) atoms. The molecule has 1 heterocycles. The number of thioether (sulfide) groups is 1. The van der Waals surface area contributed by atoms with E-state index >= 15 is 0 Å². The van der Waals surface area contributed by atoms with Crippen molar-refractivity contribution >= 4 is 35.5 Å². The fourth-order valence-corrected chi connectivity index (χ4v) is 3.19. The maximum absolute atomic E-state index is 12.3. The molecular weight excluding hydrogens is 414 g/mol. The first-order valence-corrected chi connectivity index (χ1v) is 10.2. The van der Waals surface area contributed by atoms with Crippen molar-refractivity contribution in [2.45, 2.75) is 56.6 Å². The minimum atomic E-state index is -1.23. The summed E-state index contributed by atoms with van der Waals surface area (Å²) in [7, 11) is 0. The van der Waals surface area contributed by atoms with Gasteiger partial charge >= 0.3 is 11.9 Å². The molecule has 0 aliphatic carbocycles. The van der Waals surface area contributed by atoms with Gasteiger partial charge in [0.25, 0.3) is 0 Å². The number of hydrogen-bond acceptors (Lipinski definition) is 8. The summed E-state index contributed by atoms with van der Waals surface area (Å²) in [5.74, 6) is -2.83. The second kappa shape index (κ2) is 12.1. The molecule has 2 atom stereocenters. The molecule has 0 aliphatic heterocycles. The predicted octanol–water partition coefficient (Wildman–Crippen LogP) is -0.122. The van der Waals surface area contributed by atoms with Crippen molar-refractivity contribution in [2.75, 3.05) is 12.3 Å². The Morgan fingerprint density at radius 1 is 1.20 bits per heavy atom. The summed E-state index contributed by atoms with van der Waals surface area (Å²) in [6.45, 7) is 5.13. The molecule has 1 rings (SSSR count). The van der Waals surface area contributed by atoms with Crippen molar-refractivity contribution in [1.82, 2.24) is 20.6 Å². The number of rotatable bonds is 12. The third-order valence-electron chi connectivity index (χ3n) is 3.83. The van der Waals surface area contributed by atoms with E-state index in [-0.39, 0.29) is 24.5 Å². The Hall–Kier alpha value is -2.73. The summed E-state index contributed by atoms with van der Waals surface area (Å²) in [4.78, 5) is 54.7. The smallest absolute Gasteiger partial charge is 0.322 e. The average Bonchev–Trinajstić information content (AvgIpc) is 2.66. The summed E-state index contributed by atoms with van der Waals surface area (Å²) in [6, 6.07) is -0.486. The van der Waals surface area contributed by atoms with E-state index in [1.165, 1.54) is 11.8 Å². The van der Waals surface area contributed by atoms with Gasteiger partial charge in [-0.05, 0) is 19.4 Å². The normalized spacial score (nSPS) is 12.8. The molecule has 1 aromatic rings. The number of carbonyl (C=O) groups is 4. The van der Waals surface area contributed by atoms with Gasteiger partial charge in [0.2, 0.25) is 11.8 Å². The second-order valence-electron chi connectivity index (χ2n) is 6.89. The van der Waals surface area contributed by atoms with Gasteiger partial charge < -0.3 is 26.6 Å². The van der Waals surface area contributed by atoms with E-state index in [1.54, 1.807) is 6.07 Å². The third kappa shape index (κ3) is 9.18. The Labute approximate surface area is 178 Å². The lowest BCUT2D eigenvalue weighted by Crippen LogP contribution is -2.49. The lowest BCUT2D eigenvalue weighted by atomic mass is 10.1. The molecule has 0 bridgehead atoms. The SMILES string of the molecule is Cc1cc(SC[C@@H](NC(=O)CC[C@H](N)C(=O)O)C(=O)NCC(=O)O)nc(C(C)C)n1. The van der Waals surface area contributed by atoms with Gasteiger partial charge in [-0.25, -0.2) is 9.97 Å². The van der Waals surface area contributed by atoms with Crippen LogP contribution >= 0.6 is 11.8 Å². The fraction of sp³-hybridized carbons (Fsp3) is 0.556. The molecule has 1 aromatic heterocycles. The molecule has 0 spiro atoms. The van der Waals surface area contributed by atoms with Gasteiger partial charge in [0.15, 0.2) is 0 Å². The van der Waals surface area contributed by atoms with Crippen molar-refractivity contribution in [2.24, 2.45) is 5.73 Å². The molecule has 0 radical (unpaired) electrons. The van der Waals surface area contributed by atoms with E-state index in [9.17, 15) is 19.2 Å². The molecule has 0 aromatic carbocycles. The van der Waals surface area contributed by atoms with Crippen LogP contribution in [-0.2, 0) is 19.2 Å². The summed E-state index contributed by atoms with van der Waals surface area (Å²) < 4.78 is 0.